The lowest BCUT2D eigenvalue weighted by Crippen LogP contribution is -2.31. The maximum absolute atomic E-state index is 13.0. The van der Waals surface area contributed by atoms with Crippen molar-refractivity contribution in [1.82, 2.24) is 4.31 Å². The number of rotatable bonds is 9. The summed E-state index contributed by atoms with van der Waals surface area (Å²) in [7, 11) is -2.45. The Labute approximate surface area is 205 Å². The Bertz CT molecular complexity index is 1270. The van der Waals surface area contributed by atoms with Crippen LogP contribution in [0.5, 0.6) is 5.75 Å². The number of ether oxygens (including phenoxy) is 1. The minimum atomic E-state index is -3.83. The highest BCUT2D eigenvalue weighted by molar-refractivity contribution is 7.89. The van der Waals surface area contributed by atoms with E-state index in [1.807, 2.05) is 18.2 Å². The normalized spacial score (nSPS) is 11.1. The fourth-order valence-corrected chi connectivity index (χ4v) is 5.02. The Kier molecular flexibility index (Phi) is 8.45. The van der Waals surface area contributed by atoms with E-state index in [0.717, 1.165) is 0 Å². The van der Waals surface area contributed by atoms with Crippen molar-refractivity contribution in [3.8, 4) is 5.75 Å². The number of urea groups is 1. The molecule has 0 fully saturated rings. The van der Waals surface area contributed by atoms with Gasteiger partial charge in [0.25, 0.3) is 5.91 Å². The lowest BCUT2D eigenvalue weighted by molar-refractivity contribution is 0.102. The summed E-state index contributed by atoms with van der Waals surface area (Å²) < 4.78 is 32.6. The fourth-order valence-electron chi connectivity index (χ4n) is 3.38. The Balaban J connectivity index is 1.71. The van der Waals surface area contributed by atoms with Crippen molar-refractivity contribution in [2.75, 3.05) is 36.1 Å². The van der Waals surface area contributed by atoms with Crippen LogP contribution in [0.15, 0.2) is 77.7 Å². The summed E-state index contributed by atoms with van der Waals surface area (Å²) in [5.41, 5.74) is 1.85. The van der Waals surface area contributed by atoms with Crippen LogP contribution in [-0.2, 0) is 10.0 Å². The van der Waals surface area contributed by atoms with Gasteiger partial charge in [0.1, 0.15) is 10.6 Å². The van der Waals surface area contributed by atoms with Gasteiger partial charge in [0, 0.05) is 35.7 Å². The zero-order chi connectivity index (χ0) is 25.4. The molecular weight excluding hydrogens is 468 g/mol. The number of hydrogen-bond acceptors (Lipinski definition) is 5. The molecule has 0 atom stereocenters. The first-order valence-electron chi connectivity index (χ1n) is 11.0. The van der Waals surface area contributed by atoms with Crippen molar-refractivity contribution >= 4 is 39.0 Å². The van der Waals surface area contributed by atoms with Crippen molar-refractivity contribution in [2.24, 2.45) is 0 Å². The van der Waals surface area contributed by atoms with Crippen LogP contribution in [-0.4, -0.2) is 44.9 Å². The van der Waals surface area contributed by atoms with Crippen molar-refractivity contribution in [3.63, 3.8) is 0 Å². The van der Waals surface area contributed by atoms with E-state index in [1.165, 1.54) is 29.6 Å². The van der Waals surface area contributed by atoms with Crippen LogP contribution >= 0.6 is 0 Å². The van der Waals surface area contributed by atoms with Crippen LogP contribution in [0, 0.1) is 0 Å². The van der Waals surface area contributed by atoms with Crippen LogP contribution in [0.4, 0.5) is 21.9 Å². The molecule has 0 aliphatic heterocycles. The summed E-state index contributed by atoms with van der Waals surface area (Å²) in [4.78, 5) is 24.9. The predicted octanol–water partition coefficient (Wildman–Crippen LogP) is 4.62. The average molecular weight is 497 g/mol. The van der Waals surface area contributed by atoms with Crippen LogP contribution in [0.2, 0.25) is 0 Å². The van der Waals surface area contributed by atoms with E-state index in [4.69, 9.17) is 4.74 Å². The number of benzene rings is 3. The molecule has 9 nitrogen and oxygen atoms in total. The largest absolute Gasteiger partial charge is 0.495 e. The molecule has 0 aliphatic rings. The molecule has 0 bridgehead atoms. The van der Waals surface area contributed by atoms with Gasteiger partial charge in [-0.2, -0.15) is 4.31 Å². The predicted molar refractivity (Wildman–Crippen MR) is 137 cm³/mol. The molecule has 0 aliphatic carbocycles. The summed E-state index contributed by atoms with van der Waals surface area (Å²) in [6.07, 6.45) is 0. The quantitative estimate of drug-likeness (QED) is 0.400. The van der Waals surface area contributed by atoms with Gasteiger partial charge in [-0.1, -0.05) is 32.0 Å². The van der Waals surface area contributed by atoms with Crippen molar-refractivity contribution in [3.05, 3.63) is 78.4 Å². The fraction of sp³-hybridized carbons (Fsp3) is 0.200. The molecule has 0 saturated heterocycles. The zero-order valence-electron chi connectivity index (χ0n) is 19.7. The molecule has 0 radical (unpaired) electrons. The minimum Gasteiger partial charge on any atom is -0.495 e. The van der Waals surface area contributed by atoms with Gasteiger partial charge in [-0.15, -0.1) is 0 Å². The monoisotopic (exact) mass is 496 g/mol. The molecule has 0 aromatic heterocycles. The molecule has 184 valence electrons. The van der Waals surface area contributed by atoms with E-state index < -0.39 is 22.0 Å². The van der Waals surface area contributed by atoms with Gasteiger partial charge >= 0.3 is 6.03 Å². The number of hydrogen-bond donors (Lipinski definition) is 3. The van der Waals surface area contributed by atoms with Gasteiger partial charge in [-0.3, -0.25) is 4.79 Å². The Hall–Kier alpha value is -3.89. The van der Waals surface area contributed by atoms with E-state index in [0.29, 0.717) is 30.2 Å². The van der Waals surface area contributed by atoms with Gasteiger partial charge in [0.2, 0.25) is 10.0 Å². The Morgan fingerprint density at radius 2 is 1.34 bits per heavy atom. The van der Waals surface area contributed by atoms with E-state index in [-0.39, 0.29) is 16.2 Å². The van der Waals surface area contributed by atoms with Crippen LogP contribution in [0.1, 0.15) is 24.2 Å². The van der Waals surface area contributed by atoms with Crippen LogP contribution < -0.4 is 20.7 Å². The third kappa shape index (κ3) is 6.37. The first-order valence-corrected chi connectivity index (χ1v) is 12.4. The second kappa shape index (κ2) is 11.5. The zero-order valence-corrected chi connectivity index (χ0v) is 20.6. The van der Waals surface area contributed by atoms with Crippen LogP contribution in [0.25, 0.3) is 0 Å². The maximum Gasteiger partial charge on any atom is 0.323 e. The second-order valence-electron chi connectivity index (χ2n) is 7.43. The third-order valence-corrected chi connectivity index (χ3v) is 7.25. The molecule has 3 aromatic rings. The first kappa shape index (κ1) is 25.7. The third-order valence-electron chi connectivity index (χ3n) is 5.18. The number of amides is 3. The highest BCUT2D eigenvalue weighted by Crippen LogP contribution is 2.28. The number of sulfonamides is 1. The lowest BCUT2D eigenvalue weighted by Gasteiger charge is -2.20. The molecule has 0 saturated carbocycles. The van der Waals surface area contributed by atoms with E-state index in [9.17, 15) is 18.0 Å². The maximum atomic E-state index is 13.0. The minimum absolute atomic E-state index is 0.0691. The number of anilines is 3. The van der Waals surface area contributed by atoms with E-state index in [2.05, 4.69) is 16.0 Å². The topological polar surface area (TPSA) is 117 Å². The highest BCUT2D eigenvalue weighted by atomic mass is 32.2. The summed E-state index contributed by atoms with van der Waals surface area (Å²) >= 11 is 0. The molecule has 0 spiro atoms. The van der Waals surface area contributed by atoms with E-state index >= 15 is 0 Å². The van der Waals surface area contributed by atoms with Crippen molar-refractivity contribution < 1.29 is 22.7 Å². The van der Waals surface area contributed by atoms with Gasteiger partial charge in [-0.25, -0.2) is 13.2 Å². The number of para-hydroxylation sites is 1. The Morgan fingerprint density at radius 3 is 1.89 bits per heavy atom. The molecule has 3 amide bonds. The number of nitrogens with one attached hydrogen (secondary N) is 3. The summed E-state index contributed by atoms with van der Waals surface area (Å²) in [5.74, 6) is -0.316. The lowest BCUT2D eigenvalue weighted by atomic mass is 10.2. The second-order valence-corrected chi connectivity index (χ2v) is 9.34. The number of carbonyl (C=O) groups is 2. The number of nitrogens with zero attached hydrogens (tertiary/aromatic N) is 1. The SMILES string of the molecule is CCN(CC)S(=O)(=O)c1cc(C(=O)Nc2ccc(NC(=O)Nc3ccccc3)cc2)ccc1OC. The molecule has 0 unspecified atom stereocenters. The molecule has 0 heterocycles. The van der Waals surface area contributed by atoms with E-state index in [1.54, 1.807) is 50.2 Å². The highest BCUT2D eigenvalue weighted by Gasteiger charge is 2.26. The van der Waals surface area contributed by atoms with Crippen molar-refractivity contribution in [1.29, 1.82) is 0 Å². The Morgan fingerprint density at radius 1 is 0.800 bits per heavy atom. The van der Waals surface area contributed by atoms with Gasteiger partial charge in [0.05, 0.1) is 7.11 Å². The molecular formula is C25H28N4O5S. The van der Waals surface area contributed by atoms with Gasteiger partial charge < -0.3 is 20.7 Å². The average Bonchev–Trinajstić information content (AvgIpc) is 2.86. The molecule has 3 rings (SSSR count). The number of methoxy groups -OCH3 is 1. The molecule has 3 N–H and O–H groups in total. The van der Waals surface area contributed by atoms with Gasteiger partial charge in [0.15, 0.2) is 0 Å². The molecule has 10 heteroatoms. The summed E-state index contributed by atoms with van der Waals surface area (Å²) in [5, 5.41) is 8.17. The number of carbonyl (C=O) groups excluding carboxylic acids is 2. The standard InChI is InChI=1S/C25H28N4O5S/c1-4-29(5-2)35(32,33)23-17-18(11-16-22(23)34-3)24(30)26-20-12-14-21(15-13-20)28-25(31)27-19-9-7-6-8-10-19/h6-17H,4-5H2,1-3H3,(H,26,30)(H2,27,28,31). The summed E-state index contributed by atoms with van der Waals surface area (Å²) in [6, 6.07) is 19.5. The summed E-state index contributed by atoms with van der Waals surface area (Å²) in [6.45, 7) is 4.08. The van der Waals surface area contributed by atoms with Crippen LogP contribution in [0.3, 0.4) is 0 Å². The smallest absolute Gasteiger partial charge is 0.323 e. The molecule has 35 heavy (non-hydrogen) atoms. The van der Waals surface area contributed by atoms with Crippen molar-refractivity contribution in [2.45, 2.75) is 18.7 Å². The first-order chi connectivity index (χ1) is 16.8. The molecule has 3 aromatic carbocycles. The van der Waals surface area contributed by atoms with Gasteiger partial charge in [-0.05, 0) is 54.6 Å².